The SMILES string of the molecule is COC(=O)NCCNC(=O)CC(N)C(=O)NCCO.C[NH-].[Y]. The maximum Gasteiger partial charge on any atom is 0.406 e. The summed E-state index contributed by atoms with van der Waals surface area (Å²) in [5.41, 5.74) is 11.2. The van der Waals surface area contributed by atoms with Crippen LogP contribution < -0.4 is 21.7 Å². The molecule has 0 aromatic carbocycles. The number of carbonyl (C=O) groups excluding carboxylic acids is 3. The number of ether oxygens (including phenoxy) is 1. The van der Waals surface area contributed by atoms with Crippen LogP contribution in [0.5, 0.6) is 0 Å². The quantitative estimate of drug-likeness (QED) is 0.297. The van der Waals surface area contributed by atoms with E-state index in [1.165, 1.54) is 14.2 Å². The van der Waals surface area contributed by atoms with Gasteiger partial charge in [-0.3, -0.25) is 9.59 Å². The fourth-order valence-corrected chi connectivity index (χ4v) is 1.11. The van der Waals surface area contributed by atoms with E-state index in [1.54, 1.807) is 0 Å². The first-order valence-electron chi connectivity index (χ1n) is 6.24. The van der Waals surface area contributed by atoms with E-state index in [-0.39, 0.29) is 65.4 Å². The first-order valence-corrected chi connectivity index (χ1v) is 6.24. The second-order valence-corrected chi connectivity index (χ2v) is 3.59. The van der Waals surface area contributed by atoms with Crippen molar-refractivity contribution in [2.24, 2.45) is 5.73 Å². The Kier molecular flexibility index (Phi) is 21.7. The summed E-state index contributed by atoms with van der Waals surface area (Å²) in [6.45, 7) is 0.324. The topological polar surface area (TPSA) is 167 Å². The van der Waals surface area contributed by atoms with Crippen LogP contribution in [0.25, 0.3) is 5.73 Å². The number of rotatable bonds is 8. The van der Waals surface area contributed by atoms with Crippen molar-refractivity contribution in [3.63, 3.8) is 0 Å². The van der Waals surface area contributed by atoms with Gasteiger partial charge in [-0.2, -0.15) is 7.05 Å². The van der Waals surface area contributed by atoms with Gasteiger partial charge in [0.2, 0.25) is 11.8 Å². The average Bonchev–Trinajstić information content (AvgIpc) is 2.50. The van der Waals surface area contributed by atoms with Crippen LogP contribution in [-0.2, 0) is 47.0 Å². The Morgan fingerprint density at radius 2 is 1.68 bits per heavy atom. The van der Waals surface area contributed by atoms with E-state index in [0.717, 1.165) is 0 Å². The maximum absolute atomic E-state index is 11.4. The third kappa shape index (κ3) is 15.6. The Labute approximate surface area is 154 Å². The molecule has 1 unspecified atom stereocenters. The summed E-state index contributed by atoms with van der Waals surface area (Å²) in [4.78, 5) is 33.4. The van der Waals surface area contributed by atoms with Gasteiger partial charge in [-0.15, -0.1) is 0 Å². The molecule has 0 aromatic heterocycles. The molecule has 0 fully saturated rings. The Bertz CT molecular complexity index is 319. The number of carbonyl (C=O) groups is 3. The van der Waals surface area contributed by atoms with Crippen molar-refractivity contribution in [2.75, 3.05) is 40.4 Å². The van der Waals surface area contributed by atoms with Crippen molar-refractivity contribution in [3.05, 3.63) is 5.73 Å². The molecule has 1 radical (unpaired) electrons. The van der Waals surface area contributed by atoms with Crippen LogP contribution in [0.3, 0.4) is 0 Å². The molecule has 0 aliphatic heterocycles. The molecule has 0 rings (SSSR count). The maximum atomic E-state index is 11.4. The summed E-state index contributed by atoms with van der Waals surface area (Å²) in [7, 11) is 2.48. The molecule has 7 N–H and O–H groups in total. The van der Waals surface area contributed by atoms with E-state index < -0.39 is 23.9 Å². The van der Waals surface area contributed by atoms with Gasteiger partial charge >= 0.3 is 6.09 Å². The van der Waals surface area contributed by atoms with E-state index in [4.69, 9.17) is 16.6 Å². The van der Waals surface area contributed by atoms with Crippen LogP contribution in [0, 0.1) is 0 Å². The molecule has 0 aliphatic rings. The Morgan fingerprint density at radius 3 is 2.18 bits per heavy atom. The monoisotopic (exact) mass is 395 g/mol. The van der Waals surface area contributed by atoms with Crippen LogP contribution in [0.15, 0.2) is 0 Å². The number of aliphatic hydroxyl groups excluding tert-OH is 1. The molecule has 0 heterocycles. The summed E-state index contributed by atoms with van der Waals surface area (Å²) >= 11 is 0. The van der Waals surface area contributed by atoms with E-state index >= 15 is 0 Å². The van der Waals surface area contributed by atoms with Gasteiger partial charge in [0.15, 0.2) is 0 Å². The Morgan fingerprint density at radius 1 is 1.14 bits per heavy atom. The third-order valence-corrected chi connectivity index (χ3v) is 2.06. The smallest absolute Gasteiger partial charge is 0.406 e. The largest absolute Gasteiger partial charge is 0.680 e. The summed E-state index contributed by atoms with van der Waals surface area (Å²) in [5, 5.41) is 15.7. The van der Waals surface area contributed by atoms with Crippen LogP contribution >= 0.6 is 0 Å². The zero-order valence-corrected chi connectivity index (χ0v) is 15.7. The molecule has 22 heavy (non-hydrogen) atoms. The van der Waals surface area contributed by atoms with Gasteiger partial charge in [0.05, 0.1) is 26.2 Å². The van der Waals surface area contributed by atoms with Gasteiger partial charge in [0.25, 0.3) is 0 Å². The summed E-state index contributed by atoms with van der Waals surface area (Å²) in [6.07, 6.45) is -0.760. The second kappa shape index (κ2) is 18.2. The van der Waals surface area contributed by atoms with Crippen molar-refractivity contribution >= 4 is 17.9 Å². The predicted molar refractivity (Wildman–Crippen MR) is 76.4 cm³/mol. The number of aliphatic hydroxyl groups is 1. The van der Waals surface area contributed by atoms with Gasteiger partial charge in [-0.25, -0.2) is 4.79 Å². The summed E-state index contributed by atoms with van der Waals surface area (Å²) < 4.78 is 4.33. The molecule has 11 heteroatoms. The molecule has 0 saturated heterocycles. The standard InChI is InChI=1S/C10H20N4O5.CH4N.Y/c1-19-10(18)14-3-2-12-8(16)6-7(11)9(17)13-4-5-15;1-2;/h7,15H,2-6,11H2,1H3,(H,12,16)(H,13,17)(H,14,18);2H,1H3;/q;-1;. The van der Waals surface area contributed by atoms with Crippen LogP contribution in [0.2, 0.25) is 0 Å². The zero-order chi connectivity index (χ0) is 16.7. The Hall–Kier alpha value is -0.806. The first-order chi connectivity index (χ1) is 10.0. The Balaban J connectivity index is -0.00000115. The van der Waals surface area contributed by atoms with Crippen molar-refractivity contribution in [2.45, 2.75) is 12.5 Å². The van der Waals surface area contributed by atoms with Gasteiger partial charge < -0.3 is 37.3 Å². The number of methoxy groups -OCH3 is 1. The number of alkyl carbamates (subject to hydrolysis) is 1. The minimum Gasteiger partial charge on any atom is -0.680 e. The minimum absolute atomic E-state index is 0. The zero-order valence-electron chi connectivity index (χ0n) is 12.8. The van der Waals surface area contributed by atoms with Crippen LogP contribution in [0.1, 0.15) is 6.42 Å². The van der Waals surface area contributed by atoms with Crippen LogP contribution in [-0.4, -0.2) is 69.5 Å². The van der Waals surface area contributed by atoms with E-state index in [2.05, 4.69) is 20.7 Å². The van der Waals surface area contributed by atoms with E-state index in [1.807, 2.05) is 0 Å². The van der Waals surface area contributed by atoms with Gasteiger partial charge in [-0.1, -0.05) is 0 Å². The molecule has 0 aliphatic carbocycles. The van der Waals surface area contributed by atoms with E-state index in [9.17, 15) is 14.4 Å². The molecule has 3 amide bonds. The number of amides is 3. The van der Waals surface area contributed by atoms with E-state index in [0.29, 0.717) is 0 Å². The molecule has 1 atom stereocenters. The predicted octanol–water partition coefficient (Wildman–Crippen LogP) is -2.05. The van der Waals surface area contributed by atoms with Crippen molar-refractivity contribution in [3.8, 4) is 0 Å². The molecule has 127 valence electrons. The normalized spacial score (nSPS) is 10.0. The van der Waals surface area contributed by atoms with Gasteiger partial charge in [0.1, 0.15) is 0 Å². The fraction of sp³-hybridized carbons (Fsp3) is 0.727. The van der Waals surface area contributed by atoms with Crippen molar-refractivity contribution < 1.29 is 56.9 Å². The average molecular weight is 395 g/mol. The van der Waals surface area contributed by atoms with Crippen molar-refractivity contribution in [1.82, 2.24) is 16.0 Å². The molecule has 0 spiro atoms. The fourth-order valence-electron chi connectivity index (χ4n) is 1.11. The number of hydrogen-bond donors (Lipinski definition) is 5. The molecule has 0 saturated carbocycles. The summed E-state index contributed by atoms with van der Waals surface area (Å²) in [5.74, 6) is -0.907. The first kappa shape index (κ1) is 26.1. The number of nitrogens with two attached hydrogens (primary N) is 1. The molecular formula is C11H24N5O5Y-. The molecular weight excluding hydrogens is 371 g/mol. The molecule has 0 bridgehead atoms. The summed E-state index contributed by atoms with van der Waals surface area (Å²) in [6, 6.07) is -0.972. The minimum atomic E-state index is -0.972. The van der Waals surface area contributed by atoms with Gasteiger partial charge in [-0.05, 0) is 0 Å². The van der Waals surface area contributed by atoms with Gasteiger partial charge in [0, 0.05) is 52.3 Å². The second-order valence-electron chi connectivity index (χ2n) is 3.59. The molecule has 10 nitrogen and oxygen atoms in total. The number of nitrogens with one attached hydrogen (secondary N) is 4. The van der Waals surface area contributed by atoms with Crippen LogP contribution in [0.4, 0.5) is 4.79 Å². The molecule has 0 aromatic rings. The third-order valence-electron chi connectivity index (χ3n) is 2.06. The van der Waals surface area contributed by atoms with Crippen molar-refractivity contribution in [1.29, 1.82) is 0 Å². The number of hydrogen-bond acceptors (Lipinski definition) is 6.